The second kappa shape index (κ2) is 8.62. The van der Waals surface area contributed by atoms with Gasteiger partial charge in [-0.3, -0.25) is 9.20 Å². The van der Waals surface area contributed by atoms with Crippen molar-refractivity contribution in [3.05, 3.63) is 15.6 Å². The second-order valence-corrected chi connectivity index (χ2v) is 9.70. The van der Waals surface area contributed by atoms with Crippen molar-refractivity contribution >= 4 is 28.1 Å². The molecule has 126 valence electrons. The molecule has 0 bridgehead atoms. The molecule has 7 heteroatoms. The average Bonchev–Trinajstić information content (AvgIpc) is 2.74. The summed E-state index contributed by atoms with van der Waals surface area (Å²) in [5.74, 6) is 1.37. The number of thiazole rings is 1. The lowest BCUT2D eigenvalue weighted by molar-refractivity contribution is 0.647. The van der Waals surface area contributed by atoms with Crippen LogP contribution in [0.1, 0.15) is 36.3 Å². The smallest absolute Gasteiger partial charge is 0.191 e. The molecule has 22 heavy (non-hydrogen) atoms. The van der Waals surface area contributed by atoms with Crippen LogP contribution in [0, 0.1) is 13.8 Å². The quantitative estimate of drug-likeness (QED) is 0.612. The van der Waals surface area contributed by atoms with Crippen molar-refractivity contribution in [3.8, 4) is 0 Å². The summed E-state index contributed by atoms with van der Waals surface area (Å²) in [5, 5.41) is 7.61. The van der Waals surface area contributed by atoms with Gasteiger partial charge in [0.2, 0.25) is 0 Å². The minimum atomic E-state index is -0.845. The summed E-state index contributed by atoms with van der Waals surface area (Å²) in [5.41, 5.74) is 1.12. The molecule has 5 nitrogen and oxygen atoms in total. The van der Waals surface area contributed by atoms with Crippen molar-refractivity contribution in [1.82, 2.24) is 15.6 Å². The van der Waals surface area contributed by atoms with Gasteiger partial charge in [0, 0.05) is 52.7 Å². The summed E-state index contributed by atoms with van der Waals surface area (Å²) in [6, 6.07) is 0. The average molecular weight is 345 g/mol. The molecule has 1 aromatic heterocycles. The number of nitrogens with one attached hydrogen (secondary N) is 2. The molecule has 2 N–H and O–H groups in total. The molecular formula is C15H28N4OS2. The van der Waals surface area contributed by atoms with Gasteiger partial charge < -0.3 is 10.6 Å². The number of hydrogen-bond acceptors (Lipinski definition) is 4. The number of nitrogens with zero attached hydrogens (tertiary/aromatic N) is 2. The normalized spacial score (nSPS) is 14.0. The summed E-state index contributed by atoms with van der Waals surface area (Å²) in [7, 11) is 0.899. The highest BCUT2D eigenvalue weighted by Gasteiger charge is 2.18. The number of aromatic nitrogens is 1. The van der Waals surface area contributed by atoms with Crippen LogP contribution in [0.25, 0.3) is 0 Å². The molecule has 0 aliphatic carbocycles. The predicted octanol–water partition coefficient (Wildman–Crippen LogP) is 2.01. The van der Waals surface area contributed by atoms with E-state index >= 15 is 0 Å². The highest BCUT2D eigenvalue weighted by Crippen LogP contribution is 2.16. The van der Waals surface area contributed by atoms with Crippen LogP contribution in [-0.4, -0.2) is 45.8 Å². The highest BCUT2D eigenvalue weighted by molar-refractivity contribution is 7.86. The largest absolute Gasteiger partial charge is 0.356 e. The molecule has 0 amide bonds. The van der Waals surface area contributed by atoms with Crippen LogP contribution in [0.15, 0.2) is 4.99 Å². The molecule has 1 rings (SSSR count). The SMILES string of the molecule is CN=C(NCCc1nc(C)c(C)s1)NCCS(=O)C(C)(C)C. The number of aryl methyl sites for hydroxylation is 2. The molecule has 0 fully saturated rings. The second-order valence-electron chi connectivity index (χ2n) is 6.09. The molecule has 0 aliphatic heterocycles. The number of guanidine groups is 1. The molecule has 1 unspecified atom stereocenters. The zero-order chi connectivity index (χ0) is 16.8. The molecule has 0 aliphatic rings. The summed E-state index contributed by atoms with van der Waals surface area (Å²) in [4.78, 5) is 9.98. The Balaban J connectivity index is 2.30. The lowest BCUT2D eigenvalue weighted by Gasteiger charge is -2.18. The fraction of sp³-hybridized carbons (Fsp3) is 0.733. The molecule has 1 heterocycles. The van der Waals surface area contributed by atoms with Crippen molar-refractivity contribution in [2.24, 2.45) is 4.99 Å². The van der Waals surface area contributed by atoms with Crippen LogP contribution < -0.4 is 10.6 Å². The van der Waals surface area contributed by atoms with Gasteiger partial charge in [0.25, 0.3) is 0 Å². The number of rotatable bonds is 6. The van der Waals surface area contributed by atoms with E-state index < -0.39 is 10.8 Å². The Morgan fingerprint density at radius 3 is 2.41 bits per heavy atom. The maximum absolute atomic E-state index is 12.0. The summed E-state index contributed by atoms with van der Waals surface area (Å²) in [6.45, 7) is 11.6. The fourth-order valence-corrected chi connectivity index (χ4v) is 3.56. The Hall–Kier alpha value is -0.950. The van der Waals surface area contributed by atoms with Crippen LogP contribution in [0.4, 0.5) is 0 Å². The lowest BCUT2D eigenvalue weighted by atomic mass is 10.3. The first-order chi connectivity index (χ1) is 10.2. The Kier molecular flexibility index (Phi) is 7.48. The molecular weight excluding hydrogens is 316 g/mol. The van der Waals surface area contributed by atoms with Crippen LogP contribution in [0.2, 0.25) is 0 Å². The van der Waals surface area contributed by atoms with Gasteiger partial charge in [-0.15, -0.1) is 11.3 Å². The molecule has 0 aromatic carbocycles. The minimum absolute atomic E-state index is 0.167. The summed E-state index contributed by atoms with van der Waals surface area (Å²) in [6.07, 6.45) is 0.883. The van der Waals surface area contributed by atoms with Crippen molar-refractivity contribution in [3.63, 3.8) is 0 Å². The van der Waals surface area contributed by atoms with E-state index in [1.165, 1.54) is 4.88 Å². The highest BCUT2D eigenvalue weighted by atomic mass is 32.2. The van der Waals surface area contributed by atoms with E-state index in [1.807, 2.05) is 27.7 Å². The van der Waals surface area contributed by atoms with Gasteiger partial charge in [0.15, 0.2) is 5.96 Å². The zero-order valence-electron chi connectivity index (χ0n) is 14.4. The third kappa shape index (κ3) is 6.44. The third-order valence-corrected chi connectivity index (χ3v) is 6.26. The molecule has 1 atom stereocenters. The molecule has 0 radical (unpaired) electrons. The molecule has 0 spiro atoms. The van der Waals surface area contributed by atoms with E-state index in [0.29, 0.717) is 12.3 Å². The number of hydrogen-bond donors (Lipinski definition) is 2. The van der Waals surface area contributed by atoms with Crippen molar-refractivity contribution in [2.75, 3.05) is 25.9 Å². The van der Waals surface area contributed by atoms with Crippen molar-refractivity contribution in [2.45, 2.75) is 45.8 Å². The first kappa shape index (κ1) is 19.1. The Morgan fingerprint density at radius 2 is 1.91 bits per heavy atom. The van der Waals surface area contributed by atoms with Gasteiger partial charge in [0.1, 0.15) is 0 Å². The Labute approximate surface area is 140 Å². The van der Waals surface area contributed by atoms with E-state index in [1.54, 1.807) is 18.4 Å². The maximum Gasteiger partial charge on any atom is 0.191 e. The first-order valence-corrected chi connectivity index (χ1v) is 9.63. The van der Waals surface area contributed by atoms with Gasteiger partial charge in [-0.1, -0.05) is 0 Å². The Morgan fingerprint density at radius 1 is 1.27 bits per heavy atom. The van der Waals surface area contributed by atoms with E-state index in [0.717, 1.165) is 29.6 Å². The lowest BCUT2D eigenvalue weighted by Crippen LogP contribution is -2.41. The first-order valence-electron chi connectivity index (χ1n) is 7.50. The topological polar surface area (TPSA) is 66.4 Å². The molecule has 0 saturated carbocycles. The van der Waals surface area contributed by atoms with Gasteiger partial charge in [0.05, 0.1) is 10.7 Å². The van der Waals surface area contributed by atoms with E-state index in [9.17, 15) is 4.21 Å². The van der Waals surface area contributed by atoms with Gasteiger partial charge in [-0.25, -0.2) is 4.98 Å². The van der Waals surface area contributed by atoms with Crippen molar-refractivity contribution < 1.29 is 4.21 Å². The van der Waals surface area contributed by atoms with Crippen LogP contribution in [0.5, 0.6) is 0 Å². The van der Waals surface area contributed by atoms with Crippen LogP contribution >= 0.6 is 11.3 Å². The van der Waals surface area contributed by atoms with Crippen LogP contribution in [0.3, 0.4) is 0 Å². The fourth-order valence-electron chi connectivity index (χ4n) is 1.72. The summed E-state index contributed by atoms with van der Waals surface area (Å²) >= 11 is 1.75. The number of aliphatic imine (C=N–C) groups is 1. The van der Waals surface area contributed by atoms with Crippen LogP contribution in [-0.2, 0) is 17.2 Å². The monoisotopic (exact) mass is 344 g/mol. The summed E-state index contributed by atoms with van der Waals surface area (Å²) < 4.78 is 11.8. The molecule has 1 aromatic rings. The van der Waals surface area contributed by atoms with E-state index in [4.69, 9.17) is 0 Å². The minimum Gasteiger partial charge on any atom is -0.356 e. The predicted molar refractivity (Wildman–Crippen MR) is 97.4 cm³/mol. The van der Waals surface area contributed by atoms with E-state index in [-0.39, 0.29) is 4.75 Å². The third-order valence-electron chi connectivity index (χ3n) is 3.19. The van der Waals surface area contributed by atoms with Gasteiger partial charge in [-0.05, 0) is 34.6 Å². The maximum atomic E-state index is 12.0. The van der Waals surface area contributed by atoms with E-state index in [2.05, 4.69) is 27.5 Å². The molecule has 0 saturated heterocycles. The van der Waals surface area contributed by atoms with Gasteiger partial charge in [-0.2, -0.15) is 0 Å². The Bertz CT molecular complexity index is 513. The van der Waals surface area contributed by atoms with Crippen molar-refractivity contribution in [1.29, 1.82) is 0 Å². The van der Waals surface area contributed by atoms with Gasteiger partial charge >= 0.3 is 0 Å². The standard InChI is InChI=1S/C15H28N4OS2/c1-11-12(2)21-13(19-11)7-8-17-14(16-6)18-9-10-22(20)15(3,4)5/h7-10H2,1-6H3,(H2,16,17,18). The zero-order valence-corrected chi connectivity index (χ0v) is 16.1.